The first-order valence-corrected chi connectivity index (χ1v) is 12.4. The Hall–Kier alpha value is -2.52. The van der Waals surface area contributed by atoms with Crippen LogP contribution in [-0.2, 0) is 7.05 Å². The molecule has 1 fully saturated rings. The summed E-state index contributed by atoms with van der Waals surface area (Å²) in [5, 5.41) is 4.77. The first kappa shape index (κ1) is 22.3. The summed E-state index contributed by atoms with van der Waals surface area (Å²) in [6, 6.07) is 11.4. The van der Waals surface area contributed by atoms with Gasteiger partial charge in [-0.3, -0.25) is 4.79 Å². The number of likely N-dealkylation sites (N-methyl/N-ethyl adjacent to an activating group) is 1. The predicted octanol–water partition coefficient (Wildman–Crippen LogP) is 4.79. The van der Waals surface area contributed by atoms with Crippen molar-refractivity contribution in [3.8, 4) is 0 Å². The van der Waals surface area contributed by atoms with Crippen molar-refractivity contribution in [1.82, 2.24) is 24.3 Å². The maximum Gasteiger partial charge on any atom is 0.209 e. The van der Waals surface area contributed by atoms with Crippen molar-refractivity contribution in [3.63, 3.8) is 0 Å². The topological polar surface area (TPSA) is 66.3 Å². The summed E-state index contributed by atoms with van der Waals surface area (Å²) in [7, 11) is 4.12. The number of ketones is 1. The monoisotopic (exact) mass is 482 g/mol. The van der Waals surface area contributed by atoms with Gasteiger partial charge in [0.1, 0.15) is 0 Å². The van der Waals surface area contributed by atoms with Crippen LogP contribution in [0.4, 0.5) is 11.1 Å². The second kappa shape index (κ2) is 9.38. The zero-order valence-corrected chi connectivity index (χ0v) is 20.4. The molecule has 0 bridgehead atoms. The van der Waals surface area contributed by atoms with Gasteiger partial charge in [0.2, 0.25) is 5.95 Å². The highest BCUT2D eigenvalue weighted by molar-refractivity contribution is 7.22. The van der Waals surface area contributed by atoms with Crippen LogP contribution < -0.4 is 5.32 Å². The molecule has 1 saturated heterocycles. The zero-order chi connectivity index (χ0) is 22.9. The number of halogens is 1. The Bertz CT molecular complexity index is 1310. The molecule has 33 heavy (non-hydrogen) atoms. The third-order valence-electron chi connectivity index (χ3n) is 6.25. The molecule has 5 rings (SSSR count). The minimum Gasteiger partial charge on any atom is -0.313 e. The van der Waals surface area contributed by atoms with Gasteiger partial charge < -0.3 is 19.7 Å². The molecule has 1 N–H and O–H groups in total. The number of piperazine rings is 1. The first-order chi connectivity index (χ1) is 16.0. The van der Waals surface area contributed by atoms with Gasteiger partial charge in [-0.15, -0.1) is 0 Å². The van der Waals surface area contributed by atoms with Crippen LogP contribution in [0.3, 0.4) is 0 Å². The normalized spacial score (nSPS) is 15.5. The highest BCUT2D eigenvalue weighted by Crippen LogP contribution is 2.31. The van der Waals surface area contributed by atoms with Gasteiger partial charge in [0.05, 0.1) is 21.3 Å². The number of nitrogens with one attached hydrogen (secondary N) is 1. The number of aromatic nitrogens is 3. The molecular weight excluding hydrogens is 456 g/mol. The molecular formula is C24H27ClN6OS. The maximum absolute atomic E-state index is 12.8. The molecule has 9 heteroatoms. The molecule has 1 aliphatic rings. The molecule has 0 aliphatic carbocycles. The molecule has 2 aromatic heterocycles. The molecule has 0 amide bonds. The molecule has 0 saturated carbocycles. The lowest BCUT2D eigenvalue weighted by molar-refractivity contribution is 0.0967. The average Bonchev–Trinajstić information content (AvgIpc) is 3.34. The standard InChI is InChI=1S/C24H27ClN6OS/c1-29-10-12-31(13-11-29)9-3-4-21(32)16-5-8-20-19(14-16)26-23(30(20)2)28-24-27-18-7-6-17(25)15-22(18)33-24/h5-8,14-15H,3-4,9-13H2,1-2H3,(H,26,27,28). The van der Waals surface area contributed by atoms with Gasteiger partial charge in [0.25, 0.3) is 0 Å². The van der Waals surface area contributed by atoms with Crippen molar-refractivity contribution in [2.24, 2.45) is 7.05 Å². The van der Waals surface area contributed by atoms with Crippen molar-refractivity contribution in [1.29, 1.82) is 0 Å². The highest BCUT2D eigenvalue weighted by Gasteiger charge is 2.16. The van der Waals surface area contributed by atoms with E-state index in [-0.39, 0.29) is 5.78 Å². The van der Waals surface area contributed by atoms with Crippen LogP contribution in [0.15, 0.2) is 36.4 Å². The van der Waals surface area contributed by atoms with Gasteiger partial charge >= 0.3 is 0 Å². The molecule has 2 aromatic carbocycles. The Morgan fingerprint density at radius 2 is 1.88 bits per heavy atom. The maximum atomic E-state index is 12.8. The van der Waals surface area contributed by atoms with Gasteiger partial charge in [-0.2, -0.15) is 0 Å². The number of fused-ring (bicyclic) bond motifs is 2. The molecule has 1 aliphatic heterocycles. The van der Waals surface area contributed by atoms with E-state index in [1.165, 1.54) is 11.3 Å². The lowest BCUT2D eigenvalue weighted by Crippen LogP contribution is -2.44. The van der Waals surface area contributed by atoms with Crippen LogP contribution in [0.5, 0.6) is 0 Å². The van der Waals surface area contributed by atoms with E-state index in [2.05, 4.69) is 27.1 Å². The number of hydrogen-bond donors (Lipinski definition) is 1. The Labute approximate surface area is 202 Å². The number of imidazole rings is 1. The van der Waals surface area contributed by atoms with Crippen molar-refractivity contribution >= 4 is 61.1 Å². The minimum atomic E-state index is 0.175. The molecule has 4 aromatic rings. The second-order valence-corrected chi connectivity index (χ2v) is 10.1. The van der Waals surface area contributed by atoms with Gasteiger partial charge in [0.15, 0.2) is 10.9 Å². The molecule has 172 valence electrons. The summed E-state index contributed by atoms with van der Waals surface area (Å²) >= 11 is 7.63. The summed E-state index contributed by atoms with van der Waals surface area (Å²) in [5.74, 6) is 0.865. The Morgan fingerprint density at radius 1 is 1.06 bits per heavy atom. The largest absolute Gasteiger partial charge is 0.313 e. The van der Waals surface area contributed by atoms with Gasteiger partial charge in [-0.25, -0.2) is 9.97 Å². The zero-order valence-electron chi connectivity index (χ0n) is 18.8. The number of carbonyl (C=O) groups excluding carboxylic acids is 1. The van der Waals surface area contributed by atoms with Crippen molar-refractivity contribution < 1.29 is 4.79 Å². The fourth-order valence-electron chi connectivity index (χ4n) is 4.21. The van der Waals surface area contributed by atoms with Gasteiger partial charge in [-0.05, 0) is 56.4 Å². The van der Waals surface area contributed by atoms with Crippen LogP contribution in [0.2, 0.25) is 5.02 Å². The van der Waals surface area contributed by atoms with Crippen molar-refractivity contribution in [3.05, 3.63) is 47.0 Å². The number of benzene rings is 2. The van der Waals surface area contributed by atoms with Gasteiger partial charge in [0, 0.05) is 50.2 Å². The summed E-state index contributed by atoms with van der Waals surface area (Å²) in [6.45, 7) is 5.35. The number of nitrogens with zero attached hydrogens (tertiary/aromatic N) is 5. The van der Waals surface area contributed by atoms with Crippen molar-refractivity contribution in [2.45, 2.75) is 12.8 Å². The molecule has 0 radical (unpaired) electrons. The van der Waals surface area contributed by atoms with E-state index < -0.39 is 0 Å². The SMILES string of the molecule is CN1CCN(CCCC(=O)c2ccc3c(c2)nc(Nc2nc4ccc(Cl)cc4s2)n3C)CC1. The van der Waals surface area contributed by atoms with Crippen LogP contribution in [0.25, 0.3) is 21.3 Å². The van der Waals surface area contributed by atoms with E-state index in [0.29, 0.717) is 17.4 Å². The summed E-state index contributed by atoms with van der Waals surface area (Å²) in [6.07, 6.45) is 1.45. The Kier molecular flexibility index (Phi) is 6.34. The number of aryl methyl sites for hydroxylation is 1. The van der Waals surface area contributed by atoms with E-state index in [9.17, 15) is 4.79 Å². The molecule has 3 heterocycles. The van der Waals surface area contributed by atoms with Crippen LogP contribution >= 0.6 is 22.9 Å². The summed E-state index contributed by atoms with van der Waals surface area (Å²) in [5.41, 5.74) is 3.39. The predicted molar refractivity (Wildman–Crippen MR) is 136 cm³/mol. The number of anilines is 2. The Balaban J connectivity index is 1.26. The number of rotatable bonds is 7. The van der Waals surface area contributed by atoms with Gasteiger partial charge in [-0.1, -0.05) is 22.9 Å². The third-order valence-corrected chi connectivity index (χ3v) is 7.41. The quantitative estimate of drug-likeness (QED) is 0.382. The lowest BCUT2D eigenvalue weighted by Gasteiger charge is -2.32. The third kappa shape index (κ3) is 4.89. The van der Waals surface area contributed by atoms with E-state index >= 15 is 0 Å². The summed E-state index contributed by atoms with van der Waals surface area (Å²) in [4.78, 5) is 26.9. The van der Waals surface area contributed by atoms with Crippen molar-refractivity contribution in [2.75, 3.05) is 45.1 Å². The molecule has 7 nitrogen and oxygen atoms in total. The highest BCUT2D eigenvalue weighted by atomic mass is 35.5. The average molecular weight is 483 g/mol. The minimum absolute atomic E-state index is 0.175. The number of thiazole rings is 1. The molecule has 0 atom stereocenters. The van der Waals surface area contributed by atoms with E-state index in [1.54, 1.807) is 0 Å². The number of carbonyl (C=O) groups is 1. The smallest absolute Gasteiger partial charge is 0.209 e. The fourth-order valence-corrected chi connectivity index (χ4v) is 5.35. The van der Waals surface area contributed by atoms with Crippen LogP contribution in [0.1, 0.15) is 23.2 Å². The fraction of sp³-hybridized carbons (Fsp3) is 0.375. The van der Waals surface area contributed by atoms with Crippen LogP contribution in [0, 0.1) is 0 Å². The lowest BCUT2D eigenvalue weighted by atomic mass is 10.1. The van der Waals surface area contributed by atoms with E-state index in [4.69, 9.17) is 16.6 Å². The summed E-state index contributed by atoms with van der Waals surface area (Å²) < 4.78 is 3.00. The van der Waals surface area contributed by atoms with E-state index in [0.717, 1.165) is 71.1 Å². The molecule has 0 spiro atoms. The number of Topliss-reactive ketones (excluding diaryl/α,β-unsaturated/α-hetero) is 1. The molecule has 0 unspecified atom stereocenters. The Morgan fingerprint density at radius 3 is 2.70 bits per heavy atom. The second-order valence-electron chi connectivity index (χ2n) is 8.63. The van der Waals surface area contributed by atoms with Crippen LogP contribution in [-0.4, -0.2) is 69.9 Å². The number of hydrogen-bond acceptors (Lipinski definition) is 7. The first-order valence-electron chi connectivity index (χ1n) is 11.2. The van der Waals surface area contributed by atoms with E-state index in [1.807, 2.05) is 48.0 Å².